The van der Waals surface area contributed by atoms with Gasteiger partial charge in [-0.15, -0.1) is 0 Å². The van der Waals surface area contributed by atoms with E-state index in [9.17, 15) is 0 Å². The fourth-order valence-corrected chi connectivity index (χ4v) is 4.28. The van der Waals surface area contributed by atoms with Gasteiger partial charge in [0.1, 0.15) is 5.82 Å². The van der Waals surface area contributed by atoms with Gasteiger partial charge in [-0.05, 0) is 44.4 Å². The number of nitrogens with zero attached hydrogens (tertiary/aromatic N) is 4. The van der Waals surface area contributed by atoms with Gasteiger partial charge < -0.3 is 20.3 Å². The van der Waals surface area contributed by atoms with E-state index < -0.39 is 0 Å². The van der Waals surface area contributed by atoms with Crippen LogP contribution in [0.25, 0.3) is 0 Å². The van der Waals surface area contributed by atoms with E-state index in [0.717, 1.165) is 56.2 Å². The summed E-state index contributed by atoms with van der Waals surface area (Å²) in [6.07, 6.45) is 7.52. The van der Waals surface area contributed by atoms with Gasteiger partial charge in [-0.1, -0.05) is 19.4 Å². The Morgan fingerprint density at radius 1 is 1.28 bits per heavy atom. The van der Waals surface area contributed by atoms with Gasteiger partial charge in [0.25, 0.3) is 0 Å². The van der Waals surface area contributed by atoms with Crippen molar-refractivity contribution in [1.29, 1.82) is 0 Å². The Morgan fingerprint density at radius 3 is 2.90 bits per heavy atom. The molecule has 0 bridgehead atoms. The van der Waals surface area contributed by atoms with Crippen LogP contribution in [0.1, 0.15) is 45.1 Å². The molecule has 2 atom stereocenters. The quantitative estimate of drug-likeness (QED) is 0.539. The highest BCUT2D eigenvalue weighted by Gasteiger charge is 2.20. The molecule has 2 aliphatic heterocycles. The molecule has 0 aliphatic carbocycles. The summed E-state index contributed by atoms with van der Waals surface area (Å²) in [6.45, 7) is 10.9. The Morgan fingerprint density at radius 2 is 2.17 bits per heavy atom. The van der Waals surface area contributed by atoms with Gasteiger partial charge in [-0.2, -0.15) is 0 Å². The summed E-state index contributed by atoms with van der Waals surface area (Å²) in [6, 6.07) is 4.99. The highest BCUT2D eigenvalue weighted by atomic mass is 16.5. The maximum atomic E-state index is 5.61. The molecule has 29 heavy (non-hydrogen) atoms. The zero-order valence-corrected chi connectivity index (χ0v) is 18.4. The standard InChI is InChI=1S/C22H38N6O/c1-4-20-7-5-6-11-27(20)12-10-24-22(23-3)26-16-19-8-9-21(25-15-19)28-13-14-29-18(2)17-28/h8-9,15,18,20H,4-7,10-14,16-17H2,1-3H3,(H2,23,24,26). The van der Waals surface area contributed by atoms with Crippen LogP contribution in [0.2, 0.25) is 0 Å². The number of morpholine rings is 1. The molecular formula is C22H38N6O. The molecule has 2 N–H and O–H groups in total. The summed E-state index contributed by atoms with van der Waals surface area (Å²) >= 11 is 0. The predicted octanol–water partition coefficient (Wildman–Crippen LogP) is 2.24. The highest BCUT2D eigenvalue weighted by Crippen LogP contribution is 2.18. The molecule has 1 aromatic heterocycles. The lowest BCUT2D eigenvalue weighted by molar-refractivity contribution is 0.0529. The highest BCUT2D eigenvalue weighted by molar-refractivity contribution is 5.79. The average molecular weight is 403 g/mol. The molecule has 2 unspecified atom stereocenters. The molecule has 0 spiro atoms. The second-order valence-electron chi connectivity index (χ2n) is 8.10. The van der Waals surface area contributed by atoms with Crippen LogP contribution in [0.5, 0.6) is 0 Å². The summed E-state index contributed by atoms with van der Waals surface area (Å²) in [4.78, 5) is 13.9. The van der Waals surface area contributed by atoms with Crippen molar-refractivity contribution in [3.63, 3.8) is 0 Å². The van der Waals surface area contributed by atoms with Crippen LogP contribution >= 0.6 is 0 Å². The van der Waals surface area contributed by atoms with Gasteiger partial charge in [0.15, 0.2) is 5.96 Å². The first kappa shape index (κ1) is 21.8. The molecular weight excluding hydrogens is 364 g/mol. The second-order valence-corrected chi connectivity index (χ2v) is 8.10. The Bertz CT molecular complexity index is 635. The number of rotatable bonds is 7. The fraction of sp³-hybridized carbons (Fsp3) is 0.727. The summed E-state index contributed by atoms with van der Waals surface area (Å²) in [7, 11) is 1.83. The molecule has 0 amide bonds. The number of hydrogen-bond donors (Lipinski definition) is 2. The lowest BCUT2D eigenvalue weighted by Crippen LogP contribution is -2.45. The maximum absolute atomic E-state index is 5.61. The van der Waals surface area contributed by atoms with Crippen molar-refractivity contribution in [2.45, 2.75) is 58.2 Å². The van der Waals surface area contributed by atoms with E-state index in [1.807, 2.05) is 13.2 Å². The molecule has 0 saturated carbocycles. The maximum Gasteiger partial charge on any atom is 0.191 e. The van der Waals surface area contributed by atoms with Crippen molar-refractivity contribution >= 4 is 11.8 Å². The SMILES string of the molecule is CCC1CCCCN1CCNC(=NC)NCc1ccc(N2CCOC(C)C2)nc1. The van der Waals surface area contributed by atoms with Crippen LogP contribution in [0, 0.1) is 0 Å². The van der Waals surface area contributed by atoms with E-state index in [0.29, 0.717) is 6.54 Å². The van der Waals surface area contributed by atoms with Crippen LogP contribution in [0.3, 0.4) is 0 Å². The first-order chi connectivity index (χ1) is 14.2. The number of hydrogen-bond acceptors (Lipinski definition) is 5. The van der Waals surface area contributed by atoms with E-state index in [1.165, 1.54) is 32.2 Å². The zero-order valence-electron chi connectivity index (χ0n) is 18.4. The number of anilines is 1. The van der Waals surface area contributed by atoms with E-state index in [4.69, 9.17) is 4.74 Å². The van der Waals surface area contributed by atoms with Crippen LogP contribution in [-0.4, -0.2) is 74.4 Å². The molecule has 162 valence electrons. The molecule has 1 aromatic rings. The largest absolute Gasteiger partial charge is 0.375 e. The van der Waals surface area contributed by atoms with E-state index in [2.05, 4.69) is 56.4 Å². The van der Waals surface area contributed by atoms with Gasteiger partial charge in [0, 0.05) is 52.0 Å². The third-order valence-corrected chi connectivity index (χ3v) is 5.97. The van der Waals surface area contributed by atoms with Crippen molar-refractivity contribution in [3.05, 3.63) is 23.9 Å². The van der Waals surface area contributed by atoms with Crippen molar-refractivity contribution < 1.29 is 4.74 Å². The van der Waals surface area contributed by atoms with E-state index >= 15 is 0 Å². The minimum atomic E-state index is 0.263. The number of ether oxygens (including phenoxy) is 1. The smallest absolute Gasteiger partial charge is 0.191 e. The van der Waals surface area contributed by atoms with Crippen LogP contribution in [0.15, 0.2) is 23.3 Å². The molecule has 0 aromatic carbocycles. The van der Waals surface area contributed by atoms with Gasteiger partial charge in [-0.25, -0.2) is 4.98 Å². The number of aliphatic imine (C=N–C) groups is 1. The molecule has 3 rings (SSSR count). The number of pyridine rings is 1. The lowest BCUT2D eigenvalue weighted by atomic mass is 10.0. The van der Waals surface area contributed by atoms with Gasteiger partial charge >= 0.3 is 0 Å². The monoisotopic (exact) mass is 402 g/mol. The summed E-state index contributed by atoms with van der Waals surface area (Å²) in [5, 5.41) is 6.86. The molecule has 7 nitrogen and oxygen atoms in total. The second kappa shape index (κ2) is 11.4. The molecule has 3 heterocycles. The van der Waals surface area contributed by atoms with Crippen LogP contribution < -0.4 is 15.5 Å². The van der Waals surface area contributed by atoms with E-state index in [1.54, 1.807) is 0 Å². The number of guanidine groups is 1. The van der Waals surface area contributed by atoms with Crippen molar-refractivity contribution in [1.82, 2.24) is 20.5 Å². The van der Waals surface area contributed by atoms with Crippen molar-refractivity contribution in [2.75, 3.05) is 51.3 Å². The Kier molecular flexibility index (Phi) is 8.55. The average Bonchev–Trinajstić information content (AvgIpc) is 2.76. The summed E-state index contributed by atoms with van der Waals surface area (Å²) < 4.78 is 5.61. The third kappa shape index (κ3) is 6.57. The Balaban J connectivity index is 1.41. The normalized spacial score (nSPS) is 23.8. The number of piperidine rings is 1. The minimum absolute atomic E-state index is 0.263. The van der Waals surface area contributed by atoms with Crippen molar-refractivity contribution in [3.8, 4) is 0 Å². The number of likely N-dealkylation sites (tertiary alicyclic amines) is 1. The zero-order chi connectivity index (χ0) is 20.5. The first-order valence-corrected chi connectivity index (χ1v) is 11.2. The first-order valence-electron chi connectivity index (χ1n) is 11.2. The molecule has 0 radical (unpaired) electrons. The van der Waals surface area contributed by atoms with Crippen LogP contribution in [0.4, 0.5) is 5.82 Å². The van der Waals surface area contributed by atoms with Crippen LogP contribution in [-0.2, 0) is 11.3 Å². The molecule has 7 heteroatoms. The molecule has 2 saturated heterocycles. The topological polar surface area (TPSA) is 65.0 Å². The van der Waals surface area contributed by atoms with Crippen molar-refractivity contribution in [2.24, 2.45) is 4.99 Å². The van der Waals surface area contributed by atoms with E-state index in [-0.39, 0.29) is 6.10 Å². The molecule has 2 fully saturated rings. The summed E-state index contributed by atoms with van der Waals surface area (Å²) in [5.41, 5.74) is 1.15. The van der Waals surface area contributed by atoms with Gasteiger partial charge in [0.2, 0.25) is 0 Å². The van der Waals surface area contributed by atoms with Gasteiger partial charge in [0.05, 0.1) is 12.7 Å². The Labute approximate surface area is 175 Å². The number of aromatic nitrogens is 1. The summed E-state index contributed by atoms with van der Waals surface area (Å²) in [5.74, 6) is 1.87. The molecule has 2 aliphatic rings. The van der Waals surface area contributed by atoms with Gasteiger partial charge in [-0.3, -0.25) is 9.89 Å². The number of nitrogens with one attached hydrogen (secondary N) is 2. The minimum Gasteiger partial charge on any atom is -0.375 e. The predicted molar refractivity (Wildman–Crippen MR) is 120 cm³/mol. The Hall–Kier alpha value is -1.86. The third-order valence-electron chi connectivity index (χ3n) is 5.97. The fourth-order valence-electron chi connectivity index (χ4n) is 4.28. The lowest BCUT2D eigenvalue weighted by Gasteiger charge is -2.35.